The van der Waals surface area contributed by atoms with Crippen LogP contribution in [0.25, 0.3) is 0 Å². The first-order valence-electron chi connectivity index (χ1n) is 7.19. The Morgan fingerprint density at radius 2 is 1.48 bits per heavy atom. The summed E-state index contributed by atoms with van der Waals surface area (Å²) in [5.74, 6) is 0.816. The number of ketones is 1. The minimum Gasteiger partial charge on any atom is -0.485 e. The van der Waals surface area contributed by atoms with Gasteiger partial charge in [0, 0.05) is 5.56 Å². The lowest BCUT2D eigenvalue weighted by molar-refractivity contribution is 0.0920. The molecule has 0 unspecified atom stereocenters. The lowest BCUT2D eigenvalue weighted by Gasteiger charge is -2.13. The van der Waals surface area contributed by atoms with Gasteiger partial charge in [-0.1, -0.05) is 29.8 Å². The molecule has 110 valence electrons. The molecule has 2 rings (SSSR count). The van der Waals surface area contributed by atoms with Crippen LogP contribution in [0.15, 0.2) is 30.3 Å². The van der Waals surface area contributed by atoms with Gasteiger partial charge in [-0.25, -0.2) is 0 Å². The van der Waals surface area contributed by atoms with Crippen molar-refractivity contribution in [3.05, 3.63) is 63.7 Å². The van der Waals surface area contributed by atoms with Gasteiger partial charge in [-0.05, 0) is 62.9 Å². The molecule has 0 heterocycles. The first-order valence-corrected chi connectivity index (χ1v) is 7.19. The number of Topliss-reactive ketones (excluding diaryl/α,β-unsaturated/α-hetero) is 1. The highest BCUT2D eigenvalue weighted by Crippen LogP contribution is 2.21. The van der Waals surface area contributed by atoms with E-state index in [2.05, 4.69) is 0 Å². The van der Waals surface area contributed by atoms with Crippen LogP contribution in [-0.2, 0) is 0 Å². The van der Waals surface area contributed by atoms with Crippen LogP contribution in [0.5, 0.6) is 5.75 Å². The summed E-state index contributed by atoms with van der Waals surface area (Å²) in [5, 5.41) is 0. The smallest absolute Gasteiger partial charge is 0.200 e. The number of ether oxygens (including phenoxy) is 1. The summed E-state index contributed by atoms with van der Waals surface area (Å²) in [6, 6.07) is 10.1. The van der Waals surface area contributed by atoms with Crippen LogP contribution in [0.2, 0.25) is 0 Å². The van der Waals surface area contributed by atoms with Gasteiger partial charge in [-0.15, -0.1) is 0 Å². The fourth-order valence-electron chi connectivity index (χ4n) is 2.70. The summed E-state index contributed by atoms with van der Waals surface area (Å²) in [4.78, 5) is 12.4. The summed E-state index contributed by atoms with van der Waals surface area (Å²) < 4.78 is 5.72. The number of aryl methyl sites for hydroxylation is 5. The molecule has 0 aromatic heterocycles. The van der Waals surface area contributed by atoms with Crippen LogP contribution in [-0.4, -0.2) is 12.4 Å². The second kappa shape index (κ2) is 6.13. The zero-order valence-electron chi connectivity index (χ0n) is 13.4. The highest BCUT2D eigenvalue weighted by molar-refractivity contribution is 6.00. The van der Waals surface area contributed by atoms with E-state index in [0.717, 1.165) is 33.6 Å². The molecule has 0 spiro atoms. The van der Waals surface area contributed by atoms with E-state index in [4.69, 9.17) is 4.74 Å². The maximum absolute atomic E-state index is 12.4. The molecular formula is C19H22O2. The fraction of sp³-hybridized carbons (Fsp3) is 0.316. The van der Waals surface area contributed by atoms with Gasteiger partial charge in [0.1, 0.15) is 5.75 Å². The third-order valence-corrected chi connectivity index (χ3v) is 3.66. The molecule has 0 N–H and O–H groups in total. The molecule has 0 aliphatic heterocycles. The summed E-state index contributed by atoms with van der Waals surface area (Å²) in [6.07, 6.45) is 0. The minimum atomic E-state index is 0.0332. The van der Waals surface area contributed by atoms with Gasteiger partial charge in [0.15, 0.2) is 6.61 Å². The summed E-state index contributed by atoms with van der Waals surface area (Å²) in [5.41, 5.74) is 6.17. The van der Waals surface area contributed by atoms with E-state index in [1.54, 1.807) is 0 Å². The van der Waals surface area contributed by atoms with E-state index in [1.807, 2.05) is 65.0 Å². The van der Waals surface area contributed by atoms with Crippen LogP contribution < -0.4 is 4.74 Å². The van der Waals surface area contributed by atoms with Crippen molar-refractivity contribution in [1.29, 1.82) is 0 Å². The van der Waals surface area contributed by atoms with E-state index in [9.17, 15) is 4.79 Å². The maximum Gasteiger partial charge on any atom is 0.200 e. The second-order valence-electron chi connectivity index (χ2n) is 5.75. The Morgan fingerprint density at radius 3 is 2.10 bits per heavy atom. The van der Waals surface area contributed by atoms with Gasteiger partial charge in [-0.3, -0.25) is 4.79 Å². The average molecular weight is 282 g/mol. The molecule has 0 saturated heterocycles. The predicted octanol–water partition coefficient (Wildman–Crippen LogP) is 4.49. The van der Waals surface area contributed by atoms with Crippen LogP contribution in [0.1, 0.15) is 38.2 Å². The van der Waals surface area contributed by atoms with Gasteiger partial charge in [-0.2, -0.15) is 0 Å². The zero-order valence-corrected chi connectivity index (χ0v) is 13.4. The van der Waals surface area contributed by atoms with Gasteiger partial charge in [0.05, 0.1) is 0 Å². The maximum atomic E-state index is 12.4. The van der Waals surface area contributed by atoms with Crippen molar-refractivity contribution >= 4 is 5.78 Å². The fourth-order valence-corrected chi connectivity index (χ4v) is 2.70. The Labute approximate surface area is 126 Å². The molecule has 0 saturated carbocycles. The highest BCUT2D eigenvalue weighted by atomic mass is 16.5. The molecule has 0 aliphatic carbocycles. The molecule has 0 amide bonds. The van der Waals surface area contributed by atoms with Gasteiger partial charge in [0.2, 0.25) is 5.78 Å². The predicted molar refractivity (Wildman–Crippen MR) is 86.4 cm³/mol. The van der Waals surface area contributed by atoms with Crippen molar-refractivity contribution in [3.63, 3.8) is 0 Å². The first-order chi connectivity index (χ1) is 9.88. The van der Waals surface area contributed by atoms with E-state index < -0.39 is 0 Å². The number of hydrogen-bond acceptors (Lipinski definition) is 2. The largest absolute Gasteiger partial charge is 0.485 e. The van der Waals surface area contributed by atoms with Crippen LogP contribution in [0.3, 0.4) is 0 Å². The van der Waals surface area contributed by atoms with E-state index in [-0.39, 0.29) is 12.4 Å². The summed E-state index contributed by atoms with van der Waals surface area (Å²) in [7, 11) is 0. The molecule has 2 aromatic carbocycles. The molecule has 0 radical (unpaired) electrons. The number of carbonyl (C=O) groups excluding carboxylic acids is 1. The molecule has 2 nitrogen and oxygen atoms in total. The highest BCUT2D eigenvalue weighted by Gasteiger charge is 2.14. The van der Waals surface area contributed by atoms with Crippen molar-refractivity contribution in [2.45, 2.75) is 34.6 Å². The number of benzene rings is 2. The summed E-state index contributed by atoms with van der Waals surface area (Å²) >= 11 is 0. The van der Waals surface area contributed by atoms with Gasteiger partial charge in [0.25, 0.3) is 0 Å². The SMILES string of the molecule is Cc1cc(C)c(C(=O)COc2cc(C)ccc2C)c(C)c1. The van der Waals surface area contributed by atoms with Crippen molar-refractivity contribution in [3.8, 4) is 5.75 Å². The third-order valence-electron chi connectivity index (χ3n) is 3.66. The number of rotatable bonds is 4. The van der Waals surface area contributed by atoms with Crippen LogP contribution >= 0.6 is 0 Å². The third kappa shape index (κ3) is 3.52. The monoisotopic (exact) mass is 282 g/mol. The van der Waals surface area contributed by atoms with Crippen molar-refractivity contribution in [2.75, 3.05) is 6.61 Å². The Hall–Kier alpha value is -2.09. The zero-order chi connectivity index (χ0) is 15.6. The summed E-state index contributed by atoms with van der Waals surface area (Å²) in [6.45, 7) is 10.1. The lowest BCUT2D eigenvalue weighted by Crippen LogP contribution is -2.15. The van der Waals surface area contributed by atoms with Crippen LogP contribution in [0, 0.1) is 34.6 Å². The molecule has 21 heavy (non-hydrogen) atoms. The topological polar surface area (TPSA) is 26.3 Å². The Balaban J connectivity index is 2.18. The lowest BCUT2D eigenvalue weighted by atomic mass is 9.97. The molecule has 0 fully saturated rings. The van der Waals surface area contributed by atoms with Crippen molar-refractivity contribution < 1.29 is 9.53 Å². The molecule has 2 aromatic rings. The average Bonchev–Trinajstić information content (AvgIpc) is 2.38. The van der Waals surface area contributed by atoms with Crippen molar-refractivity contribution in [2.24, 2.45) is 0 Å². The molecule has 0 bridgehead atoms. The van der Waals surface area contributed by atoms with E-state index in [1.165, 1.54) is 5.56 Å². The quantitative estimate of drug-likeness (QED) is 0.772. The van der Waals surface area contributed by atoms with E-state index in [0.29, 0.717) is 0 Å². The van der Waals surface area contributed by atoms with Gasteiger partial charge < -0.3 is 4.74 Å². The van der Waals surface area contributed by atoms with Gasteiger partial charge >= 0.3 is 0 Å². The molecule has 0 atom stereocenters. The Morgan fingerprint density at radius 1 is 0.857 bits per heavy atom. The minimum absolute atomic E-state index is 0.0332. The molecular weight excluding hydrogens is 260 g/mol. The van der Waals surface area contributed by atoms with Crippen molar-refractivity contribution in [1.82, 2.24) is 0 Å². The normalized spacial score (nSPS) is 10.5. The standard InChI is InChI=1S/C19H22O2/c1-12-6-7-14(3)18(10-12)21-11-17(20)19-15(4)8-13(2)9-16(19)5/h6-10H,11H2,1-5H3. The number of hydrogen-bond donors (Lipinski definition) is 0. The molecule has 0 aliphatic rings. The Bertz CT molecular complexity index is 661. The second-order valence-corrected chi connectivity index (χ2v) is 5.75. The Kier molecular flexibility index (Phi) is 4.46. The molecule has 2 heteroatoms. The van der Waals surface area contributed by atoms with E-state index >= 15 is 0 Å². The number of carbonyl (C=O) groups is 1. The van der Waals surface area contributed by atoms with Crippen LogP contribution in [0.4, 0.5) is 0 Å². The first kappa shape index (κ1) is 15.3.